The number of ether oxygens (including phenoxy) is 2. The number of halogens is 1. The van der Waals surface area contributed by atoms with Crippen LogP contribution in [-0.2, 0) is 20.7 Å². The van der Waals surface area contributed by atoms with Crippen molar-refractivity contribution in [2.75, 3.05) is 6.61 Å². The number of alkyl halides is 1. The van der Waals surface area contributed by atoms with Crippen molar-refractivity contribution in [3.63, 3.8) is 0 Å². The molecule has 0 spiro atoms. The second-order valence-corrected chi connectivity index (χ2v) is 4.20. The summed E-state index contributed by atoms with van der Waals surface area (Å²) >= 11 is 3.04. The van der Waals surface area contributed by atoms with E-state index in [4.69, 9.17) is 14.6 Å². The van der Waals surface area contributed by atoms with Gasteiger partial charge < -0.3 is 14.6 Å². The highest BCUT2D eigenvalue weighted by molar-refractivity contribution is 9.09. The number of esters is 1. The van der Waals surface area contributed by atoms with Crippen LogP contribution in [0.2, 0.25) is 0 Å². The molecule has 98 valence electrons. The van der Waals surface area contributed by atoms with Crippen LogP contribution >= 0.6 is 15.9 Å². The van der Waals surface area contributed by atoms with Gasteiger partial charge in [0.15, 0.2) is 0 Å². The number of rotatable bonds is 6. The van der Waals surface area contributed by atoms with Crippen molar-refractivity contribution in [2.24, 2.45) is 0 Å². The first-order valence-corrected chi connectivity index (χ1v) is 6.23. The average Bonchev–Trinajstić information content (AvgIpc) is 2.31. The van der Waals surface area contributed by atoms with Crippen molar-refractivity contribution in [3.8, 4) is 5.75 Å². The summed E-state index contributed by atoms with van der Waals surface area (Å²) in [6.45, 7) is 1.94. The Morgan fingerprint density at radius 3 is 2.67 bits per heavy atom. The molecule has 1 aromatic carbocycles. The van der Waals surface area contributed by atoms with Crippen LogP contribution in [0, 0.1) is 0 Å². The Morgan fingerprint density at radius 1 is 1.39 bits per heavy atom. The van der Waals surface area contributed by atoms with Gasteiger partial charge in [-0.05, 0) is 28.9 Å². The molecule has 1 rings (SSSR count). The SMILES string of the molecule is CCOC(=O)C(Br)Oc1ccccc1CC(=O)O. The monoisotopic (exact) mass is 316 g/mol. The van der Waals surface area contributed by atoms with Crippen LogP contribution in [0.3, 0.4) is 0 Å². The first-order chi connectivity index (χ1) is 8.54. The van der Waals surface area contributed by atoms with E-state index >= 15 is 0 Å². The molecule has 0 aliphatic carbocycles. The molecule has 1 atom stereocenters. The maximum Gasteiger partial charge on any atom is 0.358 e. The average molecular weight is 317 g/mol. The number of hydrogen-bond acceptors (Lipinski definition) is 4. The van der Waals surface area contributed by atoms with Crippen molar-refractivity contribution >= 4 is 27.9 Å². The molecule has 1 N–H and O–H groups in total. The molecule has 1 unspecified atom stereocenters. The fraction of sp³-hybridized carbons (Fsp3) is 0.333. The van der Waals surface area contributed by atoms with Gasteiger partial charge in [-0.1, -0.05) is 18.2 Å². The van der Waals surface area contributed by atoms with E-state index < -0.39 is 17.0 Å². The third-order valence-electron chi connectivity index (χ3n) is 2.02. The molecule has 0 amide bonds. The molecule has 1 aromatic rings. The van der Waals surface area contributed by atoms with Gasteiger partial charge in [-0.2, -0.15) is 0 Å². The Labute approximate surface area is 113 Å². The summed E-state index contributed by atoms with van der Waals surface area (Å²) in [4.78, 5) is 22.1. The predicted octanol–water partition coefficient (Wildman–Crippen LogP) is 1.98. The number of hydrogen-bond donors (Lipinski definition) is 1. The van der Waals surface area contributed by atoms with Gasteiger partial charge in [0, 0.05) is 5.56 Å². The van der Waals surface area contributed by atoms with E-state index in [-0.39, 0.29) is 13.0 Å². The van der Waals surface area contributed by atoms with Crippen LogP contribution < -0.4 is 4.74 Å². The highest BCUT2D eigenvalue weighted by Crippen LogP contribution is 2.22. The highest BCUT2D eigenvalue weighted by atomic mass is 79.9. The van der Waals surface area contributed by atoms with E-state index in [9.17, 15) is 9.59 Å². The smallest absolute Gasteiger partial charge is 0.358 e. The van der Waals surface area contributed by atoms with E-state index in [0.29, 0.717) is 11.3 Å². The summed E-state index contributed by atoms with van der Waals surface area (Å²) in [7, 11) is 0. The molecule has 5 nitrogen and oxygen atoms in total. The summed E-state index contributed by atoms with van der Waals surface area (Å²) in [5.41, 5.74) is 0.499. The Kier molecular flexibility index (Phi) is 5.64. The molecule has 0 bridgehead atoms. The molecule has 0 fully saturated rings. The molecule has 0 saturated heterocycles. The summed E-state index contributed by atoms with van der Waals surface area (Å²) in [6.07, 6.45) is -0.168. The van der Waals surface area contributed by atoms with Crippen molar-refractivity contribution in [1.29, 1.82) is 0 Å². The largest absolute Gasteiger partial charge is 0.481 e. The lowest BCUT2D eigenvalue weighted by molar-refractivity contribution is -0.146. The normalized spacial score (nSPS) is 11.7. The molecular weight excluding hydrogens is 304 g/mol. The van der Waals surface area contributed by atoms with Crippen molar-refractivity contribution in [3.05, 3.63) is 29.8 Å². The number of carbonyl (C=O) groups excluding carboxylic acids is 1. The Bertz CT molecular complexity index is 432. The number of benzene rings is 1. The maximum absolute atomic E-state index is 11.4. The van der Waals surface area contributed by atoms with Crippen molar-refractivity contribution in [1.82, 2.24) is 0 Å². The lowest BCUT2D eigenvalue weighted by Crippen LogP contribution is -2.23. The topological polar surface area (TPSA) is 72.8 Å². The Morgan fingerprint density at radius 2 is 2.06 bits per heavy atom. The third kappa shape index (κ3) is 4.37. The summed E-state index contributed by atoms with van der Waals surface area (Å²) < 4.78 is 10.1. The van der Waals surface area contributed by atoms with Crippen LogP contribution in [0.5, 0.6) is 5.75 Å². The fourth-order valence-electron chi connectivity index (χ4n) is 1.30. The second-order valence-electron chi connectivity index (χ2n) is 3.36. The first-order valence-electron chi connectivity index (χ1n) is 5.31. The Balaban J connectivity index is 2.77. The quantitative estimate of drug-likeness (QED) is 0.641. The molecule has 0 heterocycles. The van der Waals surface area contributed by atoms with Crippen LogP contribution in [0.4, 0.5) is 0 Å². The van der Waals surface area contributed by atoms with Crippen LogP contribution in [0.25, 0.3) is 0 Å². The van der Waals surface area contributed by atoms with Gasteiger partial charge in [-0.3, -0.25) is 4.79 Å². The number of carbonyl (C=O) groups is 2. The number of carboxylic acids is 1. The summed E-state index contributed by atoms with van der Waals surface area (Å²) in [5.74, 6) is -1.18. The lowest BCUT2D eigenvalue weighted by atomic mass is 10.1. The second kappa shape index (κ2) is 7.00. The maximum atomic E-state index is 11.4. The number of aliphatic carboxylic acids is 1. The lowest BCUT2D eigenvalue weighted by Gasteiger charge is -2.14. The minimum Gasteiger partial charge on any atom is -0.481 e. The zero-order valence-electron chi connectivity index (χ0n) is 9.76. The van der Waals surface area contributed by atoms with Gasteiger partial charge in [0.2, 0.25) is 5.01 Å². The van der Waals surface area contributed by atoms with Crippen LogP contribution in [0.15, 0.2) is 24.3 Å². The van der Waals surface area contributed by atoms with Gasteiger partial charge in [-0.25, -0.2) is 4.79 Å². The number of carboxylic acid groups (broad SMARTS) is 1. The number of para-hydroxylation sites is 1. The van der Waals surface area contributed by atoms with Gasteiger partial charge in [0.25, 0.3) is 0 Å². The fourth-order valence-corrected chi connectivity index (χ4v) is 1.63. The van der Waals surface area contributed by atoms with Gasteiger partial charge in [0.05, 0.1) is 13.0 Å². The standard InChI is InChI=1S/C12H13BrO5/c1-2-17-12(16)11(13)18-9-6-4-3-5-8(9)7-10(14)15/h3-6,11H,2,7H2,1H3,(H,14,15). The van der Waals surface area contributed by atoms with Crippen LogP contribution in [-0.4, -0.2) is 28.7 Å². The first kappa shape index (κ1) is 14.5. The highest BCUT2D eigenvalue weighted by Gasteiger charge is 2.19. The molecule has 0 saturated carbocycles. The molecule has 18 heavy (non-hydrogen) atoms. The van der Waals surface area contributed by atoms with E-state index in [2.05, 4.69) is 15.9 Å². The molecule has 6 heteroatoms. The van der Waals surface area contributed by atoms with Gasteiger partial charge in [0.1, 0.15) is 5.75 Å². The zero-order chi connectivity index (χ0) is 13.5. The minimum absolute atomic E-state index is 0.168. The van der Waals surface area contributed by atoms with Gasteiger partial charge >= 0.3 is 11.9 Å². The summed E-state index contributed by atoms with van der Waals surface area (Å²) in [5, 5.41) is 7.81. The van der Waals surface area contributed by atoms with E-state index in [1.807, 2.05) is 0 Å². The molecule has 0 aliphatic rings. The summed E-state index contributed by atoms with van der Waals surface area (Å²) in [6, 6.07) is 6.64. The minimum atomic E-state index is -0.965. The van der Waals surface area contributed by atoms with Crippen molar-refractivity contribution in [2.45, 2.75) is 18.4 Å². The van der Waals surface area contributed by atoms with Gasteiger partial charge in [-0.15, -0.1) is 0 Å². The predicted molar refractivity (Wildman–Crippen MR) is 67.8 cm³/mol. The van der Waals surface area contributed by atoms with E-state index in [1.54, 1.807) is 31.2 Å². The van der Waals surface area contributed by atoms with Crippen LogP contribution in [0.1, 0.15) is 12.5 Å². The third-order valence-corrected chi connectivity index (χ3v) is 2.58. The molecule has 0 aliphatic heterocycles. The van der Waals surface area contributed by atoms with Crippen molar-refractivity contribution < 1.29 is 24.2 Å². The molecule has 0 radical (unpaired) electrons. The molecule has 0 aromatic heterocycles. The molecular formula is C12H13BrO5. The van der Waals surface area contributed by atoms with E-state index in [1.165, 1.54) is 0 Å². The Hall–Kier alpha value is -1.56. The zero-order valence-corrected chi connectivity index (χ0v) is 11.3. The van der Waals surface area contributed by atoms with E-state index in [0.717, 1.165) is 0 Å².